The Morgan fingerprint density at radius 1 is 1.35 bits per heavy atom. The molecule has 3 N–H and O–H groups in total. The second-order valence-electron chi connectivity index (χ2n) is 5.25. The number of carbonyl (C=O) groups is 1. The highest BCUT2D eigenvalue weighted by Crippen LogP contribution is 2.32. The van der Waals surface area contributed by atoms with Gasteiger partial charge in [0.05, 0.1) is 11.6 Å². The van der Waals surface area contributed by atoms with E-state index in [4.69, 9.17) is 5.73 Å². The van der Waals surface area contributed by atoms with Gasteiger partial charge in [-0.05, 0) is 37.0 Å². The summed E-state index contributed by atoms with van der Waals surface area (Å²) in [6.07, 6.45) is -3.96. The minimum absolute atomic E-state index is 0.143. The van der Waals surface area contributed by atoms with Crippen molar-refractivity contribution >= 4 is 11.6 Å². The molecule has 112 valence electrons. The molecule has 20 heavy (non-hydrogen) atoms. The maximum Gasteiger partial charge on any atom is 0.416 e. The predicted molar refractivity (Wildman–Crippen MR) is 72.2 cm³/mol. The van der Waals surface area contributed by atoms with Crippen LogP contribution in [0.15, 0.2) is 18.2 Å². The summed E-state index contributed by atoms with van der Waals surface area (Å²) in [5.41, 5.74) is 5.61. The second-order valence-corrected chi connectivity index (χ2v) is 5.25. The Morgan fingerprint density at radius 2 is 1.95 bits per heavy atom. The van der Waals surface area contributed by atoms with E-state index >= 15 is 0 Å². The molecule has 1 rings (SSSR count). The maximum absolute atomic E-state index is 12.6. The largest absolute Gasteiger partial charge is 0.416 e. The molecule has 0 radical (unpaired) electrons. The van der Waals surface area contributed by atoms with Gasteiger partial charge in [0.2, 0.25) is 5.91 Å². The topological polar surface area (TPSA) is 55.1 Å². The SMILES string of the molecule is Cc1ccc(C(F)(F)F)cc1NC(=O)C(N)CC(C)C. The third-order valence-electron chi connectivity index (χ3n) is 2.88. The predicted octanol–water partition coefficient (Wildman–Crippen LogP) is 3.33. The zero-order valence-electron chi connectivity index (χ0n) is 11.7. The lowest BCUT2D eigenvalue weighted by Gasteiger charge is -2.16. The highest BCUT2D eigenvalue weighted by molar-refractivity contribution is 5.95. The Balaban J connectivity index is 2.89. The molecule has 0 bridgehead atoms. The first-order valence-corrected chi connectivity index (χ1v) is 6.35. The molecule has 1 aromatic carbocycles. The molecular weight excluding hydrogens is 269 g/mol. The highest BCUT2D eigenvalue weighted by Gasteiger charge is 2.31. The van der Waals surface area contributed by atoms with Crippen LogP contribution in [0.25, 0.3) is 0 Å². The number of aryl methyl sites for hydroxylation is 1. The van der Waals surface area contributed by atoms with Gasteiger partial charge in [-0.2, -0.15) is 13.2 Å². The zero-order valence-corrected chi connectivity index (χ0v) is 11.7. The average molecular weight is 288 g/mol. The molecule has 0 saturated carbocycles. The number of rotatable bonds is 4. The van der Waals surface area contributed by atoms with Crippen molar-refractivity contribution < 1.29 is 18.0 Å². The molecule has 1 atom stereocenters. The van der Waals surface area contributed by atoms with E-state index < -0.39 is 23.7 Å². The highest BCUT2D eigenvalue weighted by atomic mass is 19.4. The van der Waals surface area contributed by atoms with Gasteiger partial charge in [0.25, 0.3) is 0 Å². The van der Waals surface area contributed by atoms with Gasteiger partial charge in [-0.25, -0.2) is 0 Å². The van der Waals surface area contributed by atoms with Gasteiger partial charge < -0.3 is 11.1 Å². The lowest BCUT2D eigenvalue weighted by atomic mass is 10.0. The molecule has 1 unspecified atom stereocenters. The standard InChI is InChI=1S/C14H19F3N2O/c1-8(2)6-11(18)13(20)19-12-7-10(14(15,16)17)5-4-9(12)3/h4-5,7-8,11H,6,18H2,1-3H3,(H,19,20). The van der Waals surface area contributed by atoms with Gasteiger partial charge in [-0.3, -0.25) is 4.79 Å². The first-order valence-electron chi connectivity index (χ1n) is 6.35. The van der Waals surface area contributed by atoms with Crippen molar-refractivity contribution in [3.63, 3.8) is 0 Å². The molecule has 0 aliphatic rings. The number of amides is 1. The van der Waals surface area contributed by atoms with Crippen LogP contribution in [-0.4, -0.2) is 11.9 Å². The van der Waals surface area contributed by atoms with E-state index in [2.05, 4.69) is 5.32 Å². The Kier molecular flexibility index (Phi) is 5.16. The van der Waals surface area contributed by atoms with Crippen LogP contribution >= 0.6 is 0 Å². The number of halogens is 3. The average Bonchev–Trinajstić information content (AvgIpc) is 2.29. The molecule has 0 aromatic heterocycles. The number of nitrogens with one attached hydrogen (secondary N) is 1. The van der Waals surface area contributed by atoms with Crippen molar-refractivity contribution in [2.24, 2.45) is 11.7 Å². The third kappa shape index (κ3) is 4.52. The summed E-state index contributed by atoms with van der Waals surface area (Å²) in [6.45, 7) is 5.47. The molecule has 0 aliphatic carbocycles. The quantitative estimate of drug-likeness (QED) is 0.893. The van der Waals surface area contributed by atoms with E-state index in [1.807, 2.05) is 13.8 Å². The molecule has 1 aromatic rings. The van der Waals surface area contributed by atoms with Crippen LogP contribution in [0.3, 0.4) is 0 Å². The van der Waals surface area contributed by atoms with Crippen LogP contribution in [0.1, 0.15) is 31.4 Å². The molecule has 3 nitrogen and oxygen atoms in total. The Labute approximate surface area is 116 Å². The third-order valence-corrected chi connectivity index (χ3v) is 2.88. The second kappa shape index (κ2) is 6.26. The van der Waals surface area contributed by atoms with Gasteiger partial charge in [0.1, 0.15) is 0 Å². The Morgan fingerprint density at radius 3 is 2.45 bits per heavy atom. The first-order chi connectivity index (χ1) is 9.11. The van der Waals surface area contributed by atoms with Crippen LogP contribution < -0.4 is 11.1 Å². The van der Waals surface area contributed by atoms with Crippen molar-refractivity contribution in [2.75, 3.05) is 5.32 Å². The van der Waals surface area contributed by atoms with Crippen LogP contribution in [-0.2, 0) is 11.0 Å². The van der Waals surface area contributed by atoms with Crippen LogP contribution in [0.4, 0.5) is 18.9 Å². The van der Waals surface area contributed by atoms with Crippen LogP contribution in [0.5, 0.6) is 0 Å². The lowest BCUT2D eigenvalue weighted by Crippen LogP contribution is -2.36. The fourth-order valence-corrected chi connectivity index (χ4v) is 1.77. The van der Waals surface area contributed by atoms with Gasteiger partial charge in [-0.15, -0.1) is 0 Å². The molecule has 0 aliphatic heterocycles. The van der Waals surface area contributed by atoms with Gasteiger partial charge in [0, 0.05) is 5.69 Å². The van der Waals surface area contributed by atoms with Crippen LogP contribution in [0, 0.1) is 12.8 Å². The molecule has 0 saturated heterocycles. The minimum atomic E-state index is -4.44. The minimum Gasteiger partial charge on any atom is -0.324 e. The Bertz CT molecular complexity index is 484. The van der Waals surface area contributed by atoms with E-state index in [1.165, 1.54) is 6.07 Å². The summed E-state index contributed by atoms with van der Waals surface area (Å²) in [7, 11) is 0. The van der Waals surface area contributed by atoms with Crippen molar-refractivity contribution in [1.82, 2.24) is 0 Å². The van der Waals surface area contributed by atoms with E-state index in [0.717, 1.165) is 12.1 Å². The summed E-state index contributed by atoms with van der Waals surface area (Å²) in [5.74, 6) is -0.237. The summed E-state index contributed by atoms with van der Waals surface area (Å²) < 4.78 is 37.9. The number of carbonyl (C=O) groups excluding carboxylic acids is 1. The van der Waals surface area contributed by atoms with Crippen molar-refractivity contribution in [3.8, 4) is 0 Å². The lowest BCUT2D eigenvalue weighted by molar-refractivity contribution is -0.137. The fraction of sp³-hybridized carbons (Fsp3) is 0.500. The summed E-state index contributed by atoms with van der Waals surface area (Å²) in [6, 6.07) is 2.50. The van der Waals surface area contributed by atoms with E-state index in [0.29, 0.717) is 12.0 Å². The number of benzene rings is 1. The van der Waals surface area contributed by atoms with Crippen LogP contribution in [0.2, 0.25) is 0 Å². The number of hydrogen-bond acceptors (Lipinski definition) is 2. The normalized spacial score (nSPS) is 13.4. The summed E-state index contributed by atoms with van der Waals surface area (Å²) in [5, 5.41) is 2.46. The molecule has 1 amide bonds. The fourth-order valence-electron chi connectivity index (χ4n) is 1.77. The molecule has 0 heterocycles. The number of anilines is 1. The Hall–Kier alpha value is -1.56. The summed E-state index contributed by atoms with van der Waals surface area (Å²) >= 11 is 0. The van der Waals surface area contributed by atoms with Gasteiger partial charge in [-0.1, -0.05) is 19.9 Å². The van der Waals surface area contributed by atoms with Crippen molar-refractivity contribution in [1.29, 1.82) is 0 Å². The first kappa shape index (κ1) is 16.5. The maximum atomic E-state index is 12.6. The van der Waals surface area contributed by atoms with Gasteiger partial charge in [0.15, 0.2) is 0 Å². The number of nitrogens with two attached hydrogens (primary N) is 1. The number of alkyl halides is 3. The van der Waals surface area contributed by atoms with E-state index in [-0.39, 0.29) is 11.6 Å². The number of hydrogen-bond donors (Lipinski definition) is 2. The molecule has 0 spiro atoms. The smallest absolute Gasteiger partial charge is 0.324 e. The molecular formula is C14H19F3N2O. The van der Waals surface area contributed by atoms with Gasteiger partial charge >= 0.3 is 6.18 Å². The van der Waals surface area contributed by atoms with Crippen molar-refractivity contribution in [2.45, 2.75) is 39.4 Å². The van der Waals surface area contributed by atoms with Crippen molar-refractivity contribution in [3.05, 3.63) is 29.3 Å². The summed E-state index contributed by atoms with van der Waals surface area (Å²) in [4.78, 5) is 11.8. The van der Waals surface area contributed by atoms with E-state index in [9.17, 15) is 18.0 Å². The molecule has 6 heteroatoms. The monoisotopic (exact) mass is 288 g/mol. The van der Waals surface area contributed by atoms with E-state index in [1.54, 1.807) is 6.92 Å². The molecule has 0 fully saturated rings. The zero-order chi connectivity index (χ0) is 15.5.